The number of fused-ring (bicyclic) bond motifs is 2. The summed E-state index contributed by atoms with van der Waals surface area (Å²) in [6, 6.07) is 22.1. The summed E-state index contributed by atoms with van der Waals surface area (Å²) in [5.74, 6) is -0.0927. The molecule has 0 amide bonds. The van der Waals surface area contributed by atoms with Gasteiger partial charge in [-0.1, -0.05) is 60.7 Å². The molecule has 7 heteroatoms. The topological polar surface area (TPSA) is 96.3 Å². The lowest BCUT2D eigenvalue weighted by atomic mass is 10.1. The number of nitrogens with zero attached hydrogens (tertiary/aromatic N) is 1. The van der Waals surface area contributed by atoms with E-state index in [1.165, 1.54) is 11.1 Å². The van der Waals surface area contributed by atoms with E-state index in [2.05, 4.69) is 24.3 Å². The summed E-state index contributed by atoms with van der Waals surface area (Å²) < 4.78 is 11.9. The van der Waals surface area contributed by atoms with Crippen molar-refractivity contribution >= 4 is 29.8 Å². The van der Waals surface area contributed by atoms with Crippen LogP contribution in [0.25, 0.3) is 12.2 Å². The lowest BCUT2D eigenvalue weighted by Crippen LogP contribution is -2.45. The third-order valence-corrected chi connectivity index (χ3v) is 7.06. The van der Waals surface area contributed by atoms with Crippen molar-refractivity contribution in [3.05, 3.63) is 89.0 Å². The summed E-state index contributed by atoms with van der Waals surface area (Å²) >= 11 is 0. The number of carbonyl (C=O) groups is 2. The minimum absolute atomic E-state index is 0.0258. The number of hydrogen-bond acceptors (Lipinski definition) is 5. The Kier molecular flexibility index (Phi) is 7.63. The van der Waals surface area contributed by atoms with Crippen molar-refractivity contribution in [3.8, 4) is 11.5 Å². The Labute approximate surface area is 221 Å². The average molecular weight is 514 g/mol. The zero-order valence-electron chi connectivity index (χ0n) is 21.1. The van der Waals surface area contributed by atoms with E-state index in [1.54, 1.807) is 0 Å². The van der Waals surface area contributed by atoms with Gasteiger partial charge < -0.3 is 24.6 Å². The molecular formula is C31H31NO6. The van der Waals surface area contributed by atoms with Gasteiger partial charge in [0.05, 0.1) is 18.8 Å². The molecule has 38 heavy (non-hydrogen) atoms. The van der Waals surface area contributed by atoms with Crippen LogP contribution in [-0.2, 0) is 22.4 Å². The summed E-state index contributed by atoms with van der Waals surface area (Å²) in [5, 5.41) is 18.6. The summed E-state index contributed by atoms with van der Waals surface area (Å²) in [6.45, 7) is 1.29. The molecule has 1 heterocycles. The molecule has 0 spiro atoms. The van der Waals surface area contributed by atoms with E-state index in [1.807, 2.05) is 59.5 Å². The molecule has 0 radical (unpaired) electrons. The minimum atomic E-state index is -1.05. The van der Waals surface area contributed by atoms with Gasteiger partial charge in [-0.3, -0.25) is 4.79 Å². The summed E-state index contributed by atoms with van der Waals surface area (Å²) in [5.41, 5.74) is 5.36. The second kappa shape index (κ2) is 11.4. The van der Waals surface area contributed by atoms with Crippen LogP contribution >= 0.6 is 0 Å². The van der Waals surface area contributed by atoms with Gasteiger partial charge in [0.25, 0.3) is 0 Å². The highest BCUT2D eigenvalue weighted by Gasteiger charge is 2.31. The van der Waals surface area contributed by atoms with Gasteiger partial charge in [-0.15, -0.1) is 0 Å². The number of hydrogen-bond donors (Lipinski definition) is 2. The van der Waals surface area contributed by atoms with E-state index in [9.17, 15) is 14.7 Å². The van der Waals surface area contributed by atoms with E-state index in [0.29, 0.717) is 31.2 Å². The molecule has 0 bridgehead atoms. The zero-order chi connectivity index (χ0) is 26.5. The fraction of sp³-hybridized carbons (Fsp3) is 0.290. The van der Waals surface area contributed by atoms with Gasteiger partial charge in [0, 0.05) is 24.4 Å². The summed E-state index contributed by atoms with van der Waals surface area (Å²) in [6.07, 6.45) is 5.40. The minimum Gasteiger partial charge on any atom is -0.493 e. The molecule has 1 aliphatic carbocycles. The fourth-order valence-electron chi connectivity index (χ4n) is 5.13. The normalized spacial score (nSPS) is 16.6. The molecule has 5 rings (SSSR count). The SMILES string of the molecule is O=C(O)CCCN1CC(C(=O)O)Oc2c(C=Cc3ccc(OCC4Cc5ccccc5C4)cc3)cccc21. The maximum Gasteiger partial charge on any atom is 0.346 e. The Bertz CT molecular complexity index is 1310. The molecule has 196 valence electrons. The lowest BCUT2D eigenvalue weighted by molar-refractivity contribution is -0.145. The van der Waals surface area contributed by atoms with Crippen molar-refractivity contribution in [1.29, 1.82) is 0 Å². The fourth-order valence-corrected chi connectivity index (χ4v) is 5.13. The van der Waals surface area contributed by atoms with Gasteiger partial charge in [-0.05, 0) is 54.2 Å². The number of anilines is 1. The lowest BCUT2D eigenvalue weighted by Gasteiger charge is -2.35. The van der Waals surface area contributed by atoms with E-state index in [4.69, 9.17) is 14.6 Å². The molecular weight excluding hydrogens is 482 g/mol. The Balaban J connectivity index is 1.24. The van der Waals surface area contributed by atoms with Crippen molar-refractivity contribution in [3.63, 3.8) is 0 Å². The molecule has 7 nitrogen and oxygen atoms in total. The maximum absolute atomic E-state index is 11.7. The maximum atomic E-state index is 11.7. The van der Waals surface area contributed by atoms with Gasteiger partial charge in [0.15, 0.2) is 5.75 Å². The number of aliphatic carboxylic acids is 2. The van der Waals surface area contributed by atoms with Crippen LogP contribution in [0, 0.1) is 5.92 Å². The van der Waals surface area contributed by atoms with Gasteiger partial charge in [-0.25, -0.2) is 4.79 Å². The van der Waals surface area contributed by atoms with Crippen LogP contribution in [0.15, 0.2) is 66.7 Å². The van der Waals surface area contributed by atoms with Crippen LogP contribution in [0.5, 0.6) is 11.5 Å². The van der Waals surface area contributed by atoms with E-state index < -0.39 is 18.0 Å². The van der Waals surface area contributed by atoms with Crippen LogP contribution in [-0.4, -0.2) is 48.0 Å². The second-order valence-corrected chi connectivity index (χ2v) is 9.84. The number of rotatable bonds is 10. The van der Waals surface area contributed by atoms with Crippen LogP contribution in [0.2, 0.25) is 0 Å². The smallest absolute Gasteiger partial charge is 0.346 e. The van der Waals surface area contributed by atoms with Crippen LogP contribution < -0.4 is 14.4 Å². The molecule has 0 fully saturated rings. The first kappa shape index (κ1) is 25.4. The zero-order valence-corrected chi connectivity index (χ0v) is 21.1. The highest BCUT2D eigenvalue weighted by Crippen LogP contribution is 2.38. The van der Waals surface area contributed by atoms with Crippen LogP contribution in [0.1, 0.15) is 35.1 Å². The van der Waals surface area contributed by atoms with Crippen molar-refractivity contribution in [1.82, 2.24) is 0 Å². The molecule has 2 N–H and O–H groups in total. The van der Waals surface area contributed by atoms with Crippen molar-refractivity contribution < 1.29 is 29.3 Å². The monoisotopic (exact) mass is 513 g/mol. The first-order valence-corrected chi connectivity index (χ1v) is 12.9. The number of carboxylic acid groups (broad SMARTS) is 2. The van der Waals surface area contributed by atoms with Crippen molar-refractivity contribution in [2.75, 3.05) is 24.6 Å². The van der Waals surface area contributed by atoms with Gasteiger partial charge in [0.1, 0.15) is 5.75 Å². The predicted octanol–water partition coefficient (Wildman–Crippen LogP) is 5.17. The van der Waals surface area contributed by atoms with Crippen molar-refractivity contribution in [2.24, 2.45) is 5.92 Å². The highest BCUT2D eigenvalue weighted by atomic mass is 16.5. The summed E-state index contributed by atoms with van der Waals surface area (Å²) in [7, 11) is 0. The number of ether oxygens (including phenoxy) is 2. The molecule has 1 atom stereocenters. The molecule has 2 aliphatic rings. The van der Waals surface area contributed by atoms with Gasteiger partial charge >= 0.3 is 11.9 Å². The van der Waals surface area contributed by atoms with Crippen LogP contribution in [0.4, 0.5) is 5.69 Å². The molecule has 1 aliphatic heterocycles. The molecule has 0 aromatic heterocycles. The molecule has 0 saturated heterocycles. The average Bonchev–Trinajstić information content (AvgIpc) is 3.34. The molecule has 3 aromatic rings. The Hall–Kier alpha value is -4.26. The third kappa shape index (κ3) is 5.99. The van der Waals surface area contributed by atoms with E-state index >= 15 is 0 Å². The largest absolute Gasteiger partial charge is 0.493 e. The molecule has 0 saturated carbocycles. The predicted molar refractivity (Wildman–Crippen MR) is 146 cm³/mol. The summed E-state index contributed by atoms with van der Waals surface area (Å²) in [4.78, 5) is 24.6. The standard InChI is InChI=1S/C31H31NO6/c33-29(34)9-4-16-32-19-28(31(35)36)38-30-23(7-3-8-27(30)32)13-10-21-11-14-26(15-12-21)37-20-22-17-24-5-1-2-6-25(24)18-22/h1-3,5-8,10-15,22,28H,4,9,16-20H2,(H,33,34)(H,35,36). The Morgan fingerprint density at radius 3 is 2.37 bits per heavy atom. The first-order valence-electron chi connectivity index (χ1n) is 12.9. The van der Waals surface area contributed by atoms with Crippen molar-refractivity contribution in [2.45, 2.75) is 31.8 Å². The van der Waals surface area contributed by atoms with E-state index in [-0.39, 0.29) is 13.0 Å². The van der Waals surface area contributed by atoms with Gasteiger partial charge in [-0.2, -0.15) is 0 Å². The second-order valence-electron chi connectivity index (χ2n) is 9.84. The number of benzene rings is 3. The van der Waals surface area contributed by atoms with E-state index in [0.717, 1.165) is 35.4 Å². The Morgan fingerprint density at radius 1 is 0.947 bits per heavy atom. The van der Waals surface area contributed by atoms with Gasteiger partial charge in [0.2, 0.25) is 6.10 Å². The third-order valence-electron chi connectivity index (χ3n) is 7.06. The molecule has 1 unspecified atom stereocenters. The number of carboxylic acids is 2. The number of para-hydroxylation sites is 1. The highest BCUT2D eigenvalue weighted by molar-refractivity contribution is 5.81. The first-order chi connectivity index (χ1) is 18.5. The Morgan fingerprint density at radius 2 is 1.68 bits per heavy atom. The van der Waals surface area contributed by atoms with Crippen LogP contribution in [0.3, 0.4) is 0 Å². The quantitative estimate of drug-likeness (QED) is 0.361. The molecule has 3 aromatic carbocycles.